The molecule has 0 saturated carbocycles. The molecule has 0 aliphatic heterocycles. The van der Waals surface area contributed by atoms with Crippen LogP contribution in [0.3, 0.4) is 0 Å². The largest absolute Gasteiger partial charge is 0.371 e. The molecule has 2 aromatic carbocycles. The predicted octanol–water partition coefficient (Wildman–Crippen LogP) is 4.75. The Bertz CT molecular complexity index is 579. The fourth-order valence-electron chi connectivity index (χ4n) is 2.01. The van der Waals surface area contributed by atoms with Crippen LogP contribution in [0.1, 0.15) is 0 Å². The number of hydrogen-bond acceptors (Lipinski definition) is 2. The Morgan fingerprint density at radius 3 is 1.91 bits per heavy atom. The van der Waals surface area contributed by atoms with Crippen LogP contribution >= 0.6 is 12.4 Å². The Morgan fingerprint density at radius 2 is 1.32 bits per heavy atom. The summed E-state index contributed by atoms with van der Waals surface area (Å²) < 4.78 is 0. The van der Waals surface area contributed by atoms with Gasteiger partial charge in [0.2, 0.25) is 0 Å². The molecule has 2 rings (SSSR count). The van der Waals surface area contributed by atoms with E-state index in [1.165, 1.54) is 11.4 Å². The number of benzene rings is 2. The van der Waals surface area contributed by atoms with E-state index in [1.54, 1.807) is 0 Å². The fraction of sp³-hybridized carbons (Fsp3) is 0.158. The number of anilines is 2. The van der Waals surface area contributed by atoms with Crippen molar-refractivity contribution < 1.29 is 0 Å². The summed E-state index contributed by atoms with van der Waals surface area (Å²) in [7, 11) is 4.15. The summed E-state index contributed by atoms with van der Waals surface area (Å²) in [6.07, 6.45) is 8.36. The van der Waals surface area contributed by atoms with Crippen LogP contribution in [0.15, 0.2) is 85.1 Å². The number of rotatable bonds is 6. The molecule has 22 heavy (non-hydrogen) atoms. The van der Waals surface area contributed by atoms with E-state index in [0.717, 1.165) is 6.54 Å². The van der Waals surface area contributed by atoms with Crippen LogP contribution in [0.5, 0.6) is 0 Å². The van der Waals surface area contributed by atoms with Crippen molar-refractivity contribution in [1.82, 2.24) is 0 Å². The van der Waals surface area contributed by atoms with E-state index < -0.39 is 0 Å². The van der Waals surface area contributed by atoms with Gasteiger partial charge < -0.3 is 9.80 Å². The van der Waals surface area contributed by atoms with Gasteiger partial charge in [-0.3, -0.25) is 0 Å². The van der Waals surface area contributed by atoms with Crippen molar-refractivity contribution in [1.29, 1.82) is 0 Å². The predicted molar refractivity (Wildman–Crippen MR) is 100 cm³/mol. The Labute approximate surface area is 139 Å². The molecule has 0 atom stereocenters. The lowest BCUT2D eigenvalue weighted by Gasteiger charge is -2.16. The summed E-state index contributed by atoms with van der Waals surface area (Å²) in [5, 5.41) is 0. The average Bonchev–Trinajstić information content (AvgIpc) is 2.55. The monoisotopic (exact) mass is 314 g/mol. The Kier molecular flexibility index (Phi) is 7.87. The van der Waals surface area contributed by atoms with Crippen molar-refractivity contribution in [2.24, 2.45) is 0 Å². The lowest BCUT2D eigenvalue weighted by atomic mass is 10.3. The third-order valence-electron chi connectivity index (χ3n) is 3.30. The van der Waals surface area contributed by atoms with E-state index >= 15 is 0 Å². The maximum absolute atomic E-state index is 2.21. The van der Waals surface area contributed by atoms with Crippen LogP contribution in [0.25, 0.3) is 0 Å². The van der Waals surface area contributed by atoms with Crippen LogP contribution in [-0.2, 0) is 0 Å². The quantitative estimate of drug-likeness (QED) is 0.710. The molecule has 3 heteroatoms. The molecule has 2 aromatic rings. The second kappa shape index (κ2) is 9.69. The van der Waals surface area contributed by atoms with Crippen LogP contribution in [0.4, 0.5) is 11.4 Å². The van der Waals surface area contributed by atoms with Crippen molar-refractivity contribution in [3.05, 3.63) is 85.1 Å². The van der Waals surface area contributed by atoms with E-state index in [-0.39, 0.29) is 12.4 Å². The van der Waals surface area contributed by atoms with Crippen LogP contribution < -0.4 is 9.80 Å². The second-order valence-electron chi connectivity index (χ2n) is 4.93. The zero-order valence-corrected chi connectivity index (χ0v) is 13.9. The van der Waals surface area contributed by atoms with Gasteiger partial charge in [0.15, 0.2) is 0 Å². The van der Waals surface area contributed by atoms with Crippen molar-refractivity contribution in [3.8, 4) is 0 Å². The Balaban J connectivity index is 0.00000242. The molecule has 0 bridgehead atoms. The highest BCUT2D eigenvalue weighted by Gasteiger charge is 1.95. The highest BCUT2D eigenvalue weighted by molar-refractivity contribution is 5.85. The number of para-hydroxylation sites is 2. The summed E-state index contributed by atoms with van der Waals surface area (Å²) >= 11 is 0. The van der Waals surface area contributed by atoms with Crippen molar-refractivity contribution >= 4 is 23.8 Å². The van der Waals surface area contributed by atoms with Gasteiger partial charge in [-0.25, -0.2) is 0 Å². The summed E-state index contributed by atoms with van der Waals surface area (Å²) in [6.45, 7) is 0.892. The van der Waals surface area contributed by atoms with Gasteiger partial charge in [-0.1, -0.05) is 48.6 Å². The van der Waals surface area contributed by atoms with E-state index in [4.69, 9.17) is 0 Å². The lowest BCUT2D eigenvalue weighted by Crippen LogP contribution is -2.16. The molecule has 0 N–H and O–H groups in total. The summed E-state index contributed by atoms with van der Waals surface area (Å²) in [5.41, 5.74) is 2.41. The third kappa shape index (κ3) is 5.66. The van der Waals surface area contributed by atoms with Gasteiger partial charge in [0, 0.05) is 38.2 Å². The molecule has 0 aliphatic rings. The first kappa shape index (κ1) is 17.9. The minimum Gasteiger partial charge on any atom is -0.371 e. The average molecular weight is 315 g/mol. The molecule has 116 valence electrons. The molecule has 0 radical (unpaired) electrons. The topological polar surface area (TPSA) is 6.48 Å². The molecular formula is C19H23ClN2. The standard InChI is InChI=1S/C19H22N2.ClH/c1-20(18-12-6-3-7-13-18)16-10-5-11-17-21(2)19-14-8-4-9-15-19;/h3-16H,17H2,1-2H3;1H. The maximum Gasteiger partial charge on any atom is 0.0403 e. The fourth-order valence-corrected chi connectivity index (χ4v) is 2.01. The van der Waals surface area contributed by atoms with Gasteiger partial charge in [-0.05, 0) is 30.3 Å². The van der Waals surface area contributed by atoms with Gasteiger partial charge in [0.25, 0.3) is 0 Å². The Morgan fingerprint density at radius 1 is 0.773 bits per heavy atom. The van der Waals surface area contributed by atoms with Crippen LogP contribution in [0.2, 0.25) is 0 Å². The zero-order chi connectivity index (χ0) is 14.9. The van der Waals surface area contributed by atoms with Gasteiger partial charge in [-0.2, -0.15) is 0 Å². The van der Waals surface area contributed by atoms with Gasteiger partial charge in [0.05, 0.1) is 0 Å². The molecule has 0 aliphatic carbocycles. The number of hydrogen-bond donors (Lipinski definition) is 0. The molecular weight excluding hydrogens is 292 g/mol. The first-order valence-corrected chi connectivity index (χ1v) is 7.15. The highest BCUT2D eigenvalue weighted by Crippen LogP contribution is 2.11. The molecule has 0 unspecified atom stereocenters. The first-order chi connectivity index (χ1) is 10.3. The van der Waals surface area contributed by atoms with E-state index in [1.807, 2.05) is 24.3 Å². The molecule has 0 saturated heterocycles. The van der Waals surface area contributed by atoms with Crippen molar-refractivity contribution in [3.63, 3.8) is 0 Å². The lowest BCUT2D eigenvalue weighted by molar-refractivity contribution is 1.03. The van der Waals surface area contributed by atoms with Gasteiger partial charge in [-0.15, -0.1) is 12.4 Å². The minimum atomic E-state index is 0. The molecule has 0 fully saturated rings. The van der Waals surface area contributed by atoms with Crippen molar-refractivity contribution in [2.75, 3.05) is 30.4 Å². The van der Waals surface area contributed by atoms with Crippen LogP contribution in [-0.4, -0.2) is 20.6 Å². The van der Waals surface area contributed by atoms with Crippen LogP contribution in [0, 0.1) is 0 Å². The normalized spacial score (nSPS) is 10.6. The summed E-state index contributed by atoms with van der Waals surface area (Å²) in [4.78, 5) is 4.32. The summed E-state index contributed by atoms with van der Waals surface area (Å²) in [6, 6.07) is 20.7. The number of allylic oxidation sites excluding steroid dienone is 2. The van der Waals surface area contributed by atoms with Crippen molar-refractivity contribution in [2.45, 2.75) is 0 Å². The van der Waals surface area contributed by atoms with E-state index in [0.29, 0.717) is 0 Å². The van der Waals surface area contributed by atoms with E-state index in [2.05, 4.69) is 84.7 Å². The van der Waals surface area contributed by atoms with Gasteiger partial charge >= 0.3 is 0 Å². The first-order valence-electron chi connectivity index (χ1n) is 7.15. The van der Waals surface area contributed by atoms with E-state index in [9.17, 15) is 0 Å². The van der Waals surface area contributed by atoms with Gasteiger partial charge in [0.1, 0.15) is 0 Å². The number of likely N-dealkylation sites (N-methyl/N-ethyl adjacent to an activating group) is 1. The minimum absolute atomic E-state index is 0. The molecule has 0 spiro atoms. The SMILES string of the molecule is CN(C=CC=CCN(C)c1ccccc1)c1ccccc1.Cl. The molecule has 2 nitrogen and oxygen atoms in total. The highest BCUT2D eigenvalue weighted by atomic mass is 35.5. The number of halogens is 1. The number of nitrogens with zero attached hydrogens (tertiary/aromatic N) is 2. The maximum atomic E-state index is 2.21. The molecule has 0 aromatic heterocycles. The third-order valence-corrected chi connectivity index (χ3v) is 3.30. The Hall–Kier alpha value is -2.19. The molecule has 0 heterocycles. The summed E-state index contributed by atoms with van der Waals surface area (Å²) in [5.74, 6) is 0. The zero-order valence-electron chi connectivity index (χ0n) is 13.1. The second-order valence-corrected chi connectivity index (χ2v) is 4.93. The smallest absolute Gasteiger partial charge is 0.0403 e. The molecule has 0 amide bonds.